The average molecular weight is 289 g/mol. The summed E-state index contributed by atoms with van der Waals surface area (Å²) in [5, 5.41) is 9.66. The van der Waals surface area contributed by atoms with Crippen molar-refractivity contribution in [2.45, 2.75) is 50.2 Å². The summed E-state index contributed by atoms with van der Waals surface area (Å²) in [6, 6.07) is 6.19. The lowest BCUT2D eigenvalue weighted by molar-refractivity contribution is -0.134. The molecule has 1 saturated heterocycles. The number of rotatable bonds is 3. The summed E-state index contributed by atoms with van der Waals surface area (Å²) < 4.78 is 0. The molecule has 0 saturated carbocycles. The molecule has 0 N–H and O–H groups in total. The molecule has 0 spiro atoms. The van der Waals surface area contributed by atoms with Crippen LogP contribution in [0.3, 0.4) is 0 Å². The first kappa shape index (κ1) is 14.9. The van der Waals surface area contributed by atoms with Gasteiger partial charge in [0, 0.05) is 18.3 Å². The standard InChI is InChI=1S/C15H19N3OS/c1-11-5-3-6-12(2)18(11)14(19)10-20-15-13(9-16)7-4-8-17-15/h4,7-8,11-12H,3,5-6,10H2,1-2H3/t11-,12+. The minimum atomic E-state index is 0.143. The second kappa shape index (κ2) is 6.76. The van der Waals surface area contributed by atoms with Crippen LogP contribution < -0.4 is 0 Å². The third kappa shape index (κ3) is 3.31. The van der Waals surface area contributed by atoms with E-state index in [1.165, 1.54) is 18.2 Å². The molecular weight excluding hydrogens is 270 g/mol. The number of thioether (sulfide) groups is 1. The van der Waals surface area contributed by atoms with Crippen LogP contribution in [-0.4, -0.2) is 33.6 Å². The molecule has 0 unspecified atom stereocenters. The van der Waals surface area contributed by atoms with E-state index in [2.05, 4.69) is 24.9 Å². The molecule has 106 valence electrons. The molecule has 1 aliphatic heterocycles. The van der Waals surface area contributed by atoms with Crippen molar-refractivity contribution >= 4 is 17.7 Å². The minimum absolute atomic E-state index is 0.143. The Labute approximate surface area is 124 Å². The second-order valence-corrected chi connectivity index (χ2v) is 6.15. The summed E-state index contributed by atoms with van der Waals surface area (Å²) in [5.41, 5.74) is 0.532. The van der Waals surface area contributed by atoms with E-state index in [4.69, 9.17) is 5.26 Å². The molecule has 2 atom stereocenters. The third-order valence-electron chi connectivity index (χ3n) is 3.71. The average Bonchev–Trinajstić information content (AvgIpc) is 2.45. The van der Waals surface area contributed by atoms with Crippen LogP contribution >= 0.6 is 11.8 Å². The quantitative estimate of drug-likeness (QED) is 0.803. The van der Waals surface area contributed by atoms with E-state index in [0.29, 0.717) is 28.4 Å². The first-order chi connectivity index (χ1) is 9.63. The van der Waals surface area contributed by atoms with Gasteiger partial charge in [0.05, 0.1) is 11.3 Å². The molecule has 0 aliphatic carbocycles. The normalized spacial score (nSPS) is 22.4. The topological polar surface area (TPSA) is 57.0 Å². The van der Waals surface area contributed by atoms with Crippen molar-refractivity contribution in [1.82, 2.24) is 9.88 Å². The molecular formula is C15H19N3OS. The van der Waals surface area contributed by atoms with E-state index in [9.17, 15) is 4.79 Å². The maximum atomic E-state index is 12.4. The van der Waals surface area contributed by atoms with Crippen LogP contribution in [0, 0.1) is 11.3 Å². The Morgan fingerprint density at radius 1 is 1.50 bits per heavy atom. The second-order valence-electron chi connectivity index (χ2n) is 5.19. The molecule has 1 aromatic rings. The number of hydrogen-bond acceptors (Lipinski definition) is 4. The van der Waals surface area contributed by atoms with Gasteiger partial charge in [0.15, 0.2) is 0 Å². The Bertz CT molecular complexity index is 516. The van der Waals surface area contributed by atoms with Crippen LogP contribution in [0.5, 0.6) is 0 Å². The molecule has 0 aromatic carbocycles. The Kier molecular flexibility index (Phi) is 5.02. The van der Waals surface area contributed by atoms with Crippen molar-refractivity contribution in [1.29, 1.82) is 5.26 Å². The molecule has 4 nitrogen and oxygen atoms in total. The fourth-order valence-corrected chi connectivity index (χ4v) is 3.52. The van der Waals surface area contributed by atoms with E-state index in [1.807, 2.05) is 4.90 Å². The van der Waals surface area contributed by atoms with Gasteiger partial charge in [-0.2, -0.15) is 5.26 Å². The smallest absolute Gasteiger partial charge is 0.233 e. The lowest BCUT2D eigenvalue weighted by atomic mass is 9.98. The third-order valence-corrected chi connectivity index (χ3v) is 4.70. The van der Waals surface area contributed by atoms with Crippen LogP contribution in [-0.2, 0) is 4.79 Å². The number of carbonyl (C=O) groups is 1. The van der Waals surface area contributed by atoms with Crippen molar-refractivity contribution in [3.05, 3.63) is 23.9 Å². The number of nitrogens with zero attached hydrogens (tertiary/aromatic N) is 3. The molecule has 0 radical (unpaired) electrons. The van der Waals surface area contributed by atoms with Gasteiger partial charge in [-0.1, -0.05) is 11.8 Å². The van der Waals surface area contributed by atoms with Gasteiger partial charge >= 0.3 is 0 Å². The van der Waals surface area contributed by atoms with E-state index in [0.717, 1.165) is 12.8 Å². The van der Waals surface area contributed by atoms with Gasteiger partial charge in [0.25, 0.3) is 0 Å². The van der Waals surface area contributed by atoms with Crippen molar-refractivity contribution in [3.8, 4) is 6.07 Å². The van der Waals surface area contributed by atoms with Crippen LogP contribution in [0.25, 0.3) is 0 Å². The summed E-state index contributed by atoms with van der Waals surface area (Å²) in [4.78, 5) is 18.6. The molecule has 1 aromatic heterocycles. The van der Waals surface area contributed by atoms with Crippen LogP contribution in [0.15, 0.2) is 23.4 Å². The first-order valence-corrected chi connectivity index (χ1v) is 7.91. The molecule has 5 heteroatoms. The monoisotopic (exact) mass is 289 g/mol. The number of amides is 1. The highest BCUT2D eigenvalue weighted by molar-refractivity contribution is 7.99. The predicted molar refractivity (Wildman–Crippen MR) is 79.3 cm³/mol. The summed E-state index contributed by atoms with van der Waals surface area (Å²) in [6.45, 7) is 4.22. The zero-order valence-electron chi connectivity index (χ0n) is 11.9. The predicted octanol–water partition coefficient (Wildman–Crippen LogP) is 2.83. The lowest BCUT2D eigenvalue weighted by Gasteiger charge is -2.39. The fraction of sp³-hybridized carbons (Fsp3) is 0.533. The molecule has 2 rings (SSSR count). The highest BCUT2D eigenvalue weighted by atomic mass is 32.2. The van der Waals surface area contributed by atoms with Crippen molar-refractivity contribution in [2.24, 2.45) is 0 Å². The summed E-state index contributed by atoms with van der Waals surface area (Å²) in [6.07, 6.45) is 5.00. The number of likely N-dealkylation sites (tertiary alicyclic amines) is 1. The SMILES string of the molecule is C[C@@H]1CCC[C@H](C)N1C(=O)CSc1ncccc1C#N. The molecule has 1 aliphatic rings. The van der Waals surface area contributed by atoms with E-state index >= 15 is 0 Å². The fourth-order valence-electron chi connectivity index (χ4n) is 2.71. The first-order valence-electron chi connectivity index (χ1n) is 6.92. The van der Waals surface area contributed by atoms with Gasteiger partial charge in [0.2, 0.25) is 5.91 Å². The van der Waals surface area contributed by atoms with Gasteiger partial charge in [0.1, 0.15) is 11.1 Å². The van der Waals surface area contributed by atoms with Gasteiger partial charge in [-0.05, 0) is 45.2 Å². The number of pyridine rings is 1. The summed E-state index contributed by atoms with van der Waals surface area (Å²) >= 11 is 1.35. The molecule has 1 fully saturated rings. The van der Waals surface area contributed by atoms with Gasteiger partial charge in [-0.3, -0.25) is 4.79 Å². The number of nitriles is 1. The Morgan fingerprint density at radius 3 is 2.85 bits per heavy atom. The number of hydrogen-bond donors (Lipinski definition) is 0. The van der Waals surface area contributed by atoms with Gasteiger partial charge in [-0.25, -0.2) is 4.98 Å². The van der Waals surface area contributed by atoms with Crippen molar-refractivity contribution in [2.75, 3.05) is 5.75 Å². The Morgan fingerprint density at radius 2 is 2.20 bits per heavy atom. The van der Waals surface area contributed by atoms with E-state index in [-0.39, 0.29) is 5.91 Å². The maximum absolute atomic E-state index is 12.4. The summed E-state index contributed by atoms with van der Waals surface area (Å²) in [7, 11) is 0. The zero-order chi connectivity index (χ0) is 14.5. The van der Waals surface area contributed by atoms with Gasteiger partial charge < -0.3 is 4.90 Å². The van der Waals surface area contributed by atoms with Crippen LogP contribution in [0.2, 0.25) is 0 Å². The van der Waals surface area contributed by atoms with Crippen LogP contribution in [0.4, 0.5) is 0 Å². The number of piperidine rings is 1. The zero-order valence-corrected chi connectivity index (χ0v) is 12.7. The molecule has 20 heavy (non-hydrogen) atoms. The number of aromatic nitrogens is 1. The lowest BCUT2D eigenvalue weighted by Crippen LogP contribution is -2.48. The molecule has 2 heterocycles. The van der Waals surface area contributed by atoms with Crippen molar-refractivity contribution < 1.29 is 4.79 Å². The summed E-state index contributed by atoms with van der Waals surface area (Å²) in [5.74, 6) is 0.490. The van der Waals surface area contributed by atoms with Crippen molar-refractivity contribution in [3.63, 3.8) is 0 Å². The Balaban J connectivity index is 2.00. The minimum Gasteiger partial charge on any atom is -0.337 e. The highest BCUT2D eigenvalue weighted by Crippen LogP contribution is 2.25. The van der Waals surface area contributed by atoms with E-state index in [1.54, 1.807) is 18.3 Å². The molecule has 1 amide bonds. The van der Waals surface area contributed by atoms with Gasteiger partial charge in [-0.15, -0.1) is 0 Å². The maximum Gasteiger partial charge on any atom is 0.233 e. The van der Waals surface area contributed by atoms with Crippen LogP contribution in [0.1, 0.15) is 38.7 Å². The highest BCUT2D eigenvalue weighted by Gasteiger charge is 2.28. The van der Waals surface area contributed by atoms with E-state index < -0.39 is 0 Å². The Hall–Kier alpha value is -1.54. The number of carbonyl (C=O) groups excluding carboxylic acids is 1. The largest absolute Gasteiger partial charge is 0.337 e. The molecule has 0 bridgehead atoms.